The van der Waals surface area contributed by atoms with Gasteiger partial charge in [-0.15, -0.1) is 0 Å². The third kappa shape index (κ3) is 6.49. The smallest absolute Gasteiger partial charge is 0.397 e. The van der Waals surface area contributed by atoms with Gasteiger partial charge in [-0.3, -0.25) is 4.79 Å². The SMILES string of the molecule is CCOC(=O)C(=O)Nc1cc(C)c(Oc2ccc(O)c(CNCC(C)C)c2)c(C)c1. The largest absolute Gasteiger partial charge is 0.508 e. The molecule has 2 rings (SSSR count). The van der Waals surface area contributed by atoms with Crippen molar-refractivity contribution in [1.29, 1.82) is 0 Å². The van der Waals surface area contributed by atoms with Crippen LogP contribution in [-0.2, 0) is 20.9 Å². The van der Waals surface area contributed by atoms with E-state index >= 15 is 0 Å². The summed E-state index contributed by atoms with van der Waals surface area (Å²) >= 11 is 0. The van der Waals surface area contributed by atoms with E-state index in [0.29, 0.717) is 29.6 Å². The Morgan fingerprint density at radius 3 is 2.37 bits per heavy atom. The molecule has 0 atom stereocenters. The summed E-state index contributed by atoms with van der Waals surface area (Å²) in [6.45, 7) is 11.1. The predicted molar refractivity (Wildman–Crippen MR) is 116 cm³/mol. The number of esters is 1. The summed E-state index contributed by atoms with van der Waals surface area (Å²) < 4.78 is 10.8. The van der Waals surface area contributed by atoms with Gasteiger partial charge < -0.3 is 25.2 Å². The second kappa shape index (κ2) is 10.6. The molecule has 2 aromatic carbocycles. The number of rotatable bonds is 8. The molecular weight excluding hydrogens is 384 g/mol. The first-order chi connectivity index (χ1) is 14.2. The summed E-state index contributed by atoms with van der Waals surface area (Å²) in [6, 6.07) is 8.57. The van der Waals surface area contributed by atoms with Gasteiger partial charge in [0.2, 0.25) is 0 Å². The highest BCUT2D eigenvalue weighted by atomic mass is 16.5. The Kier molecular flexibility index (Phi) is 8.24. The minimum atomic E-state index is -0.921. The number of aryl methyl sites for hydroxylation is 2. The highest BCUT2D eigenvalue weighted by Gasteiger charge is 2.16. The van der Waals surface area contributed by atoms with Crippen molar-refractivity contribution in [2.75, 3.05) is 18.5 Å². The van der Waals surface area contributed by atoms with E-state index in [1.165, 1.54) is 0 Å². The summed E-state index contributed by atoms with van der Waals surface area (Å²) in [6.07, 6.45) is 0. The summed E-state index contributed by atoms with van der Waals surface area (Å²) in [4.78, 5) is 23.4. The molecule has 3 N–H and O–H groups in total. The molecule has 2 aromatic rings. The topological polar surface area (TPSA) is 96.9 Å². The lowest BCUT2D eigenvalue weighted by atomic mass is 10.1. The zero-order chi connectivity index (χ0) is 22.3. The van der Waals surface area contributed by atoms with Crippen LogP contribution in [0.4, 0.5) is 5.69 Å². The van der Waals surface area contributed by atoms with E-state index in [9.17, 15) is 14.7 Å². The molecule has 7 heteroatoms. The number of ether oxygens (including phenoxy) is 2. The van der Waals surface area contributed by atoms with E-state index in [4.69, 9.17) is 9.47 Å². The Labute approximate surface area is 177 Å². The van der Waals surface area contributed by atoms with Crippen molar-refractivity contribution in [3.63, 3.8) is 0 Å². The van der Waals surface area contributed by atoms with E-state index in [-0.39, 0.29) is 12.4 Å². The third-order valence-electron chi connectivity index (χ3n) is 4.32. The fraction of sp³-hybridized carbons (Fsp3) is 0.391. The molecule has 0 heterocycles. The average molecular weight is 415 g/mol. The van der Waals surface area contributed by atoms with Crippen molar-refractivity contribution in [2.45, 2.75) is 41.2 Å². The van der Waals surface area contributed by atoms with Crippen LogP contribution in [-0.4, -0.2) is 30.1 Å². The lowest BCUT2D eigenvalue weighted by molar-refractivity contribution is -0.152. The van der Waals surface area contributed by atoms with Crippen LogP contribution in [0, 0.1) is 19.8 Å². The number of hydrogen-bond donors (Lipinski definition) is 3. The third-order valence-corrected chi connectivity index (χ3v) is 4.32. The maximum absolute atomic E-state index is 11.9. The van der Waals surface area contributed by atoms with Gasteiger partial charge in [0.15, 0.2) is 0 Å². The average Bonchev–Trinajstić information content (AvgIpc) is 2.66. The first-order valence-electron chi connectivity index (χ1n) is 10.0. The molecule has 162 valence electrons. The standard InChI is InChI=1S/C23H30N2O5/c1-6-29-23(28)22(27)25-18-9-15(4)21(16(5)10-18)30-19-7-8-20(26)17(11-19)13-24-12-14(2)3/h7-11,14,24,26H,6,12-13H2,1-5H3,(H,25,27). The molecule has 0 aliphatic rings. The van der Waals surface area contributed by atoms with Crippen LogP contribution in [0.25, 0.3) is 0 Å². The maximum atomic E-state index is 11.9. The van der Waals surface area contributed by atoms with Gasteiger partial charge in [-0.1, -0.05) is 13.8 Å². The molecule has 0 aliphatic heterocycles. The first kappa shape index (κ1) is 23.2. The van der Waals surface area contributed by atoms with Crippen LogP contribution in [0.1, 0.15) is 37.5 Å². The van der Waals surface area contributed by atoms with E-state index in [1.54, 1.807) is 37.3 Å². The number of benzene rings is 2. The van der Waals surface area contributed by atoms with Gasteiger partial charge in [-0.05, 0) is 74.7 Å². The van der Waals surface area contributed by atoms with Crippen LogP contribution < -0.4 is 15.4 Å². The van der Waals surface area contributed by atoms with Gasteiger partial charge in [-0.25, -0.2) is 4.79 Å². The van der Waals surface area contributed by atoms with Crippen molar-refractivity contribution in [1.82, 2.24) is 5.32 Å². The number of aromatic hydroxyl groups is 1. The minimum Gasteiger partial charge on any atom is -0.508 e. The van der Waals surface area contributed by atoms with Crippen molar-refractivity contribution < 1.29 is 24.2 Å². The fourth-order valence-electron chi connectivity index (χ4n) is 2.94. The summed E-state index contributed by atoms with van der Waals surface area (Å²) in [5.74, 6) is 0.237. The van der Waals surface area contributed by atoms with Crippen LogP contribution in [0.15, 0.2) is 30.3 Å². The van der Waals surface area contributed by atoms with Gasteiger partial charge in [0, 0.05) is 17.8 Å². The number of anilines is 1. The van der Waals surface area contributed by atoms with E-state index in [2.05, 4.69) is 24.5 Å². The molecule has 0 radical (unpaired) electrons. The van der Waals surface area contributed by atoms with Crippen LogP contribution >= 0.6 is 0 Å². The zero-order valence-electron chi connectivity index (χ0n) is 18.2. The first-order valence-corrected chi connectivity index (χ1v) is 10.0. The van der Waals surface area contributed by atoms with E-state index < -0.39 is 11.9 Å². The molecule has 0 saturated heterocycles. The number of hydrogen-bond acceptors (Lipinski definition) is 6. The summed E-state index contributed by atoms with van der Waals surface area (Å²) in [5, 5.41) is 15.9. The molecule has 0 spiro atoms. The van der Waals surface area contributed by atoms with Crippen molar-refractivity contribution in [2.24, 2.45) is 5.92 Å². The van der Waals surface area contributed by atoms with Crippen molar-refractivity contribution in [3.05, 3.63) is 47.0 Å². The molecule has 0 unspecified atom stereocenters. The number of phenolic OH excluding ortho intramolecular Hbond substituents is 1. The molecule has 0 aliphatic carbocycles. The Hall–Kier alpha value is -3.06. The second-order valence-electron chi connectivity index (χ2n) is 7.53. The zero-order valence-corrected chi connectivity index (χ0v) is 18.2. The number of phenols is 1. The number of amides is 1. The second-order valence-corrected chi connectivity index (χ2v) is 7.53. The highest BCUT2D eigenvalue weighted by Crippen LogP contribution is 2.33. The van der Waals surface area contributed by atoms with Crippen LogP contribution in [0.3, 0.4) is 0 Å². The number of nitrogens with one attached hydrogen (secondary N) is 2. The van der Waals surface area contributed by atoms with E-state index in [0.717, 1.165) is 23.2 Å². The van der Waals surface area contributed by atoms with Crippen LogP contribution in [0.5, 0.6) is 17.2 Å². The molecule has 7 nitrogen and oxygen atoms in total. The minimum absolute atomic E-state index is 0.138. The fourth-order valence-corrected chi connectivity index (χ4v) is 2.94. The van der Waals surface area contributed by atoms with Gasteiger partial charge >= 0.3 is 11.9 Å². The Morgan fingerprint density at radius 1 is 1.10 bits per heavy atom. The van der Waals surface area contributed by atoms with Crippen LogP contribution in [0.2, 0.25) is 0 Å². The Morgan fingerprint density at radius 2 is 1.77 bits per heavy atom. The van der Waals surface area contributed by atoms with Gasteiger partial charge in [0.1, 0.15) is 17.2 Å². The molecule has 0 fully saturated rings. The summed E-state index contributed by atoms with van der Waals surface area (Å²) in [5.41, 5.74) is 2.82. The molecule has 30 heavy (non-hydrogen) atoms. The monoisotopic (exact) mass is 414 g/mol. The quantitative estimate of drug-likeness (QED) is 0.445. The normalized spacial score (nSPS) is 10.7. The van der Waals surface area contributed by atoms with Gasteiger partial charge in [0.05, 0.1) is 6.61 Å². The predicted octanol–water partition coefficient (Wildman–Crippen LogP) is 4.05. The highest BCUT2D eigenvalue weighted by molar-refractivity contribution is 6.37. The Balaban J connectivity index is 2.15. The Bertz CT molecular complexity index is 885. The molecule has 0 aromatic heterocycles. The lowest BCUT2D eigenvalue weighted by Gasteiger charge is -2.16. The molecule has 1 amide bonds. The number of carbonyl (C=O) groups excluding carboxylic acids is 2. The summed E-state index contributed by atoms with van der Waals surface area (Å²) in [7, 11) is 0. The van der Waals surface area contributed by atoms with E-state index in [1.807, 2.05) is 13.8 Å². The van der Waals surface area contributed by atoms with Gasteiger partial charge in [0.25, 0.3) is 0 Å². The maximum Gasteiger partial charge on any atom is 0.397 e. The van der Waals surface area contributed by atoms with Gasteiger partial charge in [-0.2, -0.15) is 0 Å². The van der Waals surface area contributed by atoms with Crippen molar-refractivity contribution >= 4 is 17.6 Å². The van der Waals surface area contributed by atoms with Crippen molar-refractivity contribution in [3.8, 4) is 17.2 Å². The number of carbonyl (C=O) groups is 2. The lowest BCUT2D eigenvalue weighted by Crippen LogP contribution is -2.25. The molecule has 0 bridgehead atoms. The molecular formula is C23H30N2O5. The molecule has 0 saturated carbocycles.